The Morgan fingerprint density at radius 2 is 1.70 bits per heavy atom. The van der Waals surface area contributed by atoms with Crippen LogP contribution < -0.4 is 20.1 Å². The van der Waals surface area contributed by atoms with Crippen LogP contribution in [0.4, 0.5) is 11.4 Å². The van der Waals surface area contributed by atoms with Crippen molar-refractivity contribution in [2.45, 2.75) is 37.0 Å². The number of hydrogen-bond acceptors (Lipinski definition) is 5. The highest BCUT2D eigenvalue weighted by atomic mass is 32.2. The van der Waals surface area contributed by atoms with Gasteiger partial charge in [-0.15, -0.1) is 11.8 Å². The van der Waals surface area contributed by atoms with Crippen LogP contribution in [-0.4, -0.2) is 31.8 Å². The summed E-state index contributed by atoms with van der Waals surface area (Å²) in [4.78, 5) is 25.7. The van der Waals surface area contributed by atoms with Gasteiger partial charge in [0, 0.05) is 22.6 Å². The second kappa shape index (κ2) is 10.9. The maximum atomic E-state index is 12.4. The summed E-state index contributed by atoms with van der Waals surface area (Å²) in [6, 6.07) is 12.9. The molecule has 1 aliphatic carbocycles. The number of rotatable bonds is 8. The number of carbonyl (C=O) groups excluding carboxylic acids is 2. The molecule has 0 aromatic heterocycles. The van der Waals surface area contributed by atoms with Crippen LogP contribution in [0.2, 0.25) is 0 Å². The lowest BCUT2D eigenvalue weighted by molar-refractivity contribution is -0.120. The van der Waals surface area contributed by atoms with E-state index in [2.05, 4.69) is 10.6 Å². The Morgan fingerprint density at radius 1 is 0.967 bits per heavy atom. The Balaban J connectivity index is 1.50. The maximum absolute atomic E-state index is 12.4. The van der Waals surface area contributed by atoms with Gasteiger partial charge in [0.1, 0.15) is 11.5 Å². The first-order valence-electron chi connectivity index (χ1n) is 10.1. The predicted octanol–water partition coefficient (Wildman–Crippen LogP) is 4.95. The standard InChI is InChI=1S/C23H28N2O4S/c1-28-18-10-13-21(29-2)20(14-18)25-22(26)15-30-19-11-8-17(9-12-19)24-23(27)16-6-4-3-5-7-16/h8-14,16H,3-7,15H2,1-2H3,(H,24,27)(H,25,26). The van der Waals surface area contributed by atoms with Crippen molar-refractivity contribution >= 4 is 35.0 Å². The lowest BCUT2D eigenvalue weighted by atomic mass is 9.88. The lowest BCUT2D eigenvalue weighted by Crippen LogP contribution is -2.24. The van der Waals surface area contributed by atoms with E-state index in [4.69, 9.17) is 9.47 Å². The van der Waals surface area contributed by atoms with Crippen molar-refractivity contribution in [2.75, 3.05) is 30.6 Å². The van der Waals surface area contributed by atoms with Gasteiger partial charge in [0.05, 0.1) is 25.7 Å². The minimum atomic E-state index is -0.138. The molecule has 0 saturated heterocycles. The van der Waals surface area contributed by atoms with Crippen molar-refractivity contribution in [3.63, 3.8) is 0 Å². The summed E-state index contributed by atoms with van der Waals surface area (Å²) >= 11 is 1.43. The topological polar surface area (TPSA) is 76.7 Å². The highest BCUT2D eigenvalue weighted by Crippen LogP contribution is 2.30. The normalized spacial score (nSPS) is 14.1. The summed E-state index contributed by atoms with van der Waals surface area (Å²) in [7, 11) is 3.13. The van der Waals surface area contributed by atoms with Crippen LogP contribution in [0.5, 0.6) is 11.5 Å². The largest absolute Gasteiger partial charge is 0.497 e. The summed E-state index contributed by atoms with van der Waals surface area (Å²) in [5, 5.41) is 5.87. The van der Waals surface area contributed by atoms with Gasteiger partial charge in [-0.3, -0.25) is 9.59 Å². The smallest absolute Gasteiger partial charge is 0.234 e. The van der Waals surface area contributed by atoms with Crippen LogP contribution in [0.3, 0.4) is 0 Å². The molecule has 7 heteroatoms. The maximum Gasteiger partial charge on any atom is 0.234 e. The molecule has 0 heterocycles. The van der Waals surface area contributed by atoms with Gasteiger partial charge in [0.25, 0.3) is 0 Å². The van der Waals surface area contributed by atoms with Gasteiger partial charge in [-0.2, -0.15) is 0 Å². The number of methoxy groups -OCH3 is 2. The molecule has 1 saturated carbocycles. The lowest BCUT2D eigenvalue weighted by Gasteiger charge is -2.20. The number of thioether (sulfide) groups is 1. The minimum Gasteiger partial charge on any atom is -0.497 e. The van der Waals surface area contributed by atoms with Crippen LogP contribution in [0.15, 0.2) is 47.4 Å². The van der Waals surface area contributed by atoms with Gasteiger partial charge in [-0.25, -0.2) is 0 Å². The highest BCUT2D eigenvalue weighted by Gasteiger charge is 2.21. The molecule has 6 nitrogen and oxygen atoms in total. The van der Waals surface area contributed by atoms with E-state index < -0.39 is 0 Å². The summed E-state index contributed by atoms with van der Waals surface area (Å²) in [6.45, 7) is 0. The molecule has 1 aliphatic rings. The zero-order valence-electron chi connectivity index (χ0n) is 17.4. The fraction of sp³-hybridized carbons (Fsp3) is 0.391. The number of carbonyl (C=O) groups is 2. The van der Waals surface area contributed by atoms with Gasteiger partial charge in [0.15, 0.2) is 0 Å². The first-order chi connectivity index (χ1) is 14.6. The molecule has 0 aliphatic heterocycles. The molecule has 30 heavy (non-hydrogen) atoms. The van der Waals surface area contributed by atoms with Crippen LogP contribution in [0, 0.1) is 5.92 Å². The van der Waals surface area contributed by atoms with Crippen LogP contribution in [-0.2, 0) is 9.59 Å². The van der Waals surface area contributed by atoms with Crippen molar-refractivity contribution < 1.29 is 19.1 Å². The molecule has 2 N–H and O–H groups in total. The average Bonchev–Trinajstić information content (AvgIpc) is 2.79. The third-order valence-electron chi connectivity index (χ3n) is 5.15. The van der Waals surface area contributed by atoms with E-state index >= 15 is 0 Å². The van der Waals surface area contributed by atoms with Gasteiger partial charge >= 0.3 is 0 Å². The predicted molar refractivity (Wildman–Crippen MR) is 121 cm³/mol. The molecule has 0 atom stereocenters. The SMILES string of the molecule is COc1ccc(OC)c(NC(=O)CSc2ccc(NC(=O)C3CCCCC3)cc2)c1. The summed E-state index contributed by atoms with van der Waals surface area (Å²) in [5.41, 5.74) is 1.36. The molecule has 2 aromatic carbocycles. The van der Waals surface area contributed by atoms with Crippen LogP contribution in [0.1, 0.15) is 32.1 Å². The number of nitrogens with one attached hydrogen (secondary N) is 2. The van der Waals surface area contributed by atoms with Gasteiger partial charge in [-0.1, -0.05) is 19.3 Å². The zero-order chi connectivity index (χ0) is 21.3. The summed E-state index contributed by atoms with van der Waals surface area (Å²) in [6.07, 6.45) is 5.46. The summed E-state index contributed by atoms with van der Waals surface area (Å²) in [5.74, 6) is 1.58. The second-order valence-electron chi connectivity index (χ2n) is 7.25. The van der Waals surface area contributed by atoms with Gasteiger partial charge < -0.3 is 20.1 Å². The number of amides is 2. The van der Waals surface area contributed by atoms with Crippen molar-refractivity contribution in [1.29, 1.82) is 0 Å². The Kier molecular flexibility index (Phi) is 8.02. The van der Waals surface area contributed by atoms with Crippen molar-refractivity contribution in [3.05, 3.63) is 42.5 Å². The molecule has 0 unspecified atom stereocenters. The second-order valence-corrected chi connectivity index (χ2v) is 8.30. The first kappa shape index (κ1) is 22.0. The van der Waals surface area contributed by atoms with Gasteiger partial charge in [0.2, 0.25) is 11.8 Å². The molecular weight excluding hydrogens is 400 g/mol. The fourth-order valence-electron chi connectivity index (χ4n) is 3.49. The van der Waals surface area contributed by atoms with E-state index in [0.717, 1.165) is 36.3 Å². The Hall–Kier alpha value is -2.67. The molecule has 2 aromatic rings. The van der Waals surface area contributed by atoms with E-state index in [1.54, 1.807) is 32.4 Å². The van der Waals surface area contributed by atoms with E-state index in [1.807, 2.05) is 24.3 Å². The molecule has 160 valence electrons. The number of ether oxygens (including phenoxy) is 2. The Bertz CT molecular complexity index is 864. The minimum absolute atomic E-state index is 0.113. The monoisotopic (exact) mass is 428 g/mol. The Morgan fingerprint density at radius 3 is 2.37 bits per heavy atom. The first-order valence-corrected chi connectivity index (χ1v) is 11.1. The molecule has 0 spiro atoms. The third kappa shape index (κ3) is 6.16. The molecule has 0 radical (unpaired) electrons. The van der Waals surface area contributed by atoms with E-state index in [-0.39, 0.29) is 23.5 Å². The van der Waals surface area contributed by atoms with Crippen LogP contribution >= 0.6 is 11.8 Å². The third-order valence-corrected chi connectivity index (χ3v) is 6.16. The Labute approximate surface area is 181 Å². The fourth-order valence-corrected chi connectivity index (χ4v) is 4.19. The molecular formula is C23H28N2O4S. The van der Waals surface area contributed by atoms with E-state index in [1.165, 1.54) is 18.2 Å². The summed E-state index contributed by atoms with van der Waals surface area (Å²) < 4.78 is 10.5. The van der Waals surface area contributed by atoms with Gasteiger partial charge in [-0.05, 0) is 49.2 Å². The average molecular weight is 429 g/mol. The van der Waals surface area contributed by atoms with E-state index in [0.29, 0.717) is 17.2 Å². The quantitative estimate of drug-likeness (QED) is 0.582. The number of anilines is 2. The van der Waals surface area contributed by atoms with E-state index in [9.17, 15) is 9.59 Å². The molecule has 3 rings (SSSR count). The highest BCUT2D eigenvalue weighted by molar-refractivity contribution is 8.00. The van der Waals surface area contributed by atoms with Crippen molar-refractivity contribution in [2.24, 2.45) is 5.92 Å². The molecule has 1 fully saturated rings. The number of benzene rings is 2. The van der Waals surface area contributed by atoms with Crippen molar-refractivity contribution in [1.82, 2.24) is 0 Å². The number of hydrogen-bond donors (Lipinski definition) is 2. The van der Waals surface area contributed by atoms with Crippen molar-refractivity contribution in [3.8, 4) is 11.5 Å². The molecule has 0 bridgehead atoms. The van der Waals surface area contributed by atoms with Crippen LogP contribution in [0.25, 0.3) is 0 Å². The molecule has 2 amide bonds. The zero-order valence-corrected chi connectivity index (χ0v) is 18.2.